The van der Waals surface area contributed by atoms with E-state index in [0.717, 1.165) is 17.1 Å². The zero-order chi connectivity index (χ0) is 19.4. The number of H-pyrrole nitrogens is 1. The fraction of sp³-hybridized carbons (Fsp3) is 0.353. The summed E-state index contributed by atoms with van der Waals surface area (Å²) in [6.07, 6.45) is 1.92. The smallest absolute Gasteiger partial charge is 0.267 e. The summed E-state index contributed by atoms with van der Waals surface area (Å²) in [4.78, 5) is 15.1. The zero-order valence-electron chi connectivity index (χ0n) is 14.4. The molecule has 2 aromatic rings. The number of thioether (sulfide) groups is 1. The van der Waals surface area contributed by atoms with Gasteiger partial charge in [0.2, 0.25) is 10.0 Å². The molecule has 2 heterocycles. The second-order valence-corrected chi connectivity index (χ2v) is 10.1. The molecule has 1 amide bonds. The Balaban J connectivity index is 1.59. The van der Waals surface area contributed by atoms with Gasteiger partial charge in [-0.15, -0.1) is 0 Å². The van der Waals surface area contributed by atoms with E-state index in [1.54, 1.807) is 30.0 Å². The van der Waals surface area contributed by atoms with Gasteiger partial charge in [0.1, 0.15) is 10.6 Å². The first-order valence-electron chi connectivity index (χ1n) is 8.36. The van der Waals surface area contributed by atoms with Crippen molar-refractivity contribution in [2.75, 3.05) is 31.1 Å². The Kier molecular flexibility index (Phi) is 6.75. The molecule has 10 heteroatoms. The number of sulfonamides is 1. The van der Waals surface area contributed by atoms with E-state index in [9.17, 15) is 13.2 Å². The summed E-state index contributed by atoms with van der Waals surface area (Å²) in [5.41, 5.74) is 1.12. The molecule has 1 aliphatic heterocycles. The molecule has 0 bridgehead atoms. The van der Waals surface area contributed by atoms with Gasteiger partial charge in [-0.1, -0.05) is 23.2 Å². The molecule has 0 radical (unpaired) electrons. The van der Waals surface area contributed by atoms with E-state index in [-0.39, 0.29) is 16.5 Å². The van der Waals surface area contributed by atoms with Crippen molar-refractivity contribution in [3.05, 3.63) is 51.8 Å². The first-order chi connectivity index (χ1) is 12.9. The fourth-order valence-corrected chi connectivity index (χ4v) is 5.90. The first kappa shape index (κ1) is 20.5. The van der Waals surface area contributed by atoms with Crippen LogP contribution in [0.5, 0.6) is 0 Å². The second-order valence-electron chi connectivity index (χ2n) is 6.05. The minimum absolute atomic E-state index is 0.112. The molecule has 1 fully saturated rings. The molecule has 2 N–H and O–H groups in total. The first-order valence-corrected chi connectivity index (χ1v) is 11.7. The number of rotatable bonds is 6. The van der Waals surface area contributed by atoms with Crippen LogP contribution in [0.25, 0.3) is 0 Å². The summed E-state index contributed by atoms with van der Waals surface area (Å²) in [6.45, 7) is 1.35. The van der Waals surface area contributed by atoms with Crippen molar-refractivity contribution in [2.24, 2.45) is 0 Å². The van der Waals surface area contributed by atoms with Crippen molar-refractivity contribution in [1.82, 2.24) is 14.6 Å². The van der Waals surface area contributed by atoms with Crippen LogP contribution >= 0.6 is 35.0 Å². The van der Waals surface area contributed by atoms with Crippen molar-refractivity contribution in [3.8, 4) is 0 Å². The molecule has 1 saturated heterocycles. The SMILES string of the molecule is O=C(NCCc1cc(Cl)cc(Cl)c1)c1cc(S(=O)(=O)N2CCSCC2)c[nH]1. The Morgan fingerprint density at radius 1 is 1.15 bits per heavy atom. The highest BCUT2D eigenvalue weighted by Gasteiger charge is 2.27. The summed E-state index contributed by atoms with van der Waals surface area (Å²) >= 11 is 13.7. The van der Waals surface area contributed by atoms with Gasteiger partial charge in [-0.3, -0.25) is 4.79 Å². The molecule has 0 unspecified atom stereocenters. The molecule has 0 spiro atoms. The third-order valence-electron chi connectivity index (χ3n) is 4.13. The highest BCUT2D eigenvalue weighted by Crippen LogP contribution is 2.21. The van der Waals surface area contributed by atoms with Crippen LogP contribution in [-0.2, 0) is 16.4 Å². The summed E-state index contributed by atoms with van der Waals surface area (Å²) in [7, 11) is -3.57. The maximum absolute atomic E-state index is 12.6. The number of benzene rings is 1. The van der Waals surface area contributed by atoms with Gasteiger partial charge in [-0.25, -0.2) is 8.42 Å². The largest absolute Gasteiger partial charge is 0.356 e. The Labute approximate surface area is 172 Å². The summed E-state index contributed by atoms with van der Waals surface area (Å²) < 4.78 is 26.7. The number of nitrogens with one attached hydrogen (secondary N) is 2. The number of nitrogens with zero attached hydrogens (tertiary/aromatic N) is 1. The zero-order valence-corrected chi connectivity index (χ0v) is 17.5. The van der Waals surface area contributed by atoms with E-state index in [0.29, 0.717) is 36.1 Å². The van der Waals surface area contributed by atoms with Crippen LogP contribution in [0.4, 0.5) is 0 Å². The third-order valence-corrected chi connectivity index (χ3v) is 7.39. The van der Waals surface area contributed by atoms with Gasteiger partial charge < -0.3 is 10.3 Å². The number of halogens is 2. The van der Waals surface area contributed by atoms with Crippen LogP contribution < -0.4 is 5.32 Å². The predicted octanol–water partition coefficient (Wildman–Crippen LogP) is 3.03. The minimum Gasteiger partial charge on any atom is -0.356 e. The molecule has 3 rings (SSSR count). The number of carbonyl (C=O) groups is 1. The molecule has 0 aliphatic carbocycles. The maximum atomic E-state index is 12.6. The van der Waals surface area contributed by atoms with Crippen molar-refractivity contribution >= 4 is 50.9 Å². The van der Waals surface area contributed by atoms with Gasteiger partial charge in [-0.05, 0) is 36.2 Å². The molecule has 0 atom stereocenters. The Morgan fingerprint density at radius 3 is 2.48 bits per heavy atom. The average molecular weight is 448 g/mol. The van der Waals surface area contributed by atoms with Crippen LogP contribution in [0.2, 0.25) is 10.0 Å². The molecular weight excluding hydrogens is 429 g/mol. The van der Waals surface area contributed by atoms with Gasteiger partial charge >= 0.3 is 0 Å². The normalized spacial score (nSPS) is 15.6. The highest BCUT2D eigenvalue weighted by atomic mass is 35.5. The monoisotopic (exact) mass is 447 g/mol. The lowest BCUT2D eigenvalue weighted by Crippen LogP contribution is -2.37. The molecule has 6 nitrogen and oxygen atoms in total. The number of aromatic amines is 1. The van der Waals surface area contributed by atoms with Crippen molar-refractivity contribution in [1.29, 1.82) is 0 Å². The van der Waals surface area contributed by atoms with E-state index < -0.39 is 10.0 Å². The maximum Gasteiger partial charge on any atom is 0.267 e. The predicted molar refractivity (Wildman–Crippen MR) is 109 cm³/mol. The Morgan fingerprint density at radius 2 is 1.81 bits per heavy atom. The number of aromatic nitrogens is 1. The van der Waals surface area contributed by atoms with E-state index in [2.05, 4.69) is 10.3 Å². The van der Waals surface area contributed by atoms with Gasteiger partial charge in [0.25, 0.3) is 5.91 Å². The quantitative estimate of drug-likeness (QED) is 0.712. The van der Waals surface area contributed by atoms with E-state index in [1.807, 2.05) is 0 Å². The van der Waals surface area contributed by atoms with Crippen LogP contribution in [0.15, 0.2) is 35.4 Å². The topological polar surface area (TPSA) is 82.3 Å². The Hall–Kier alpha value is -1.19. The van der Waals surface area contributed by atoms with Crippen LogP contribution in [0, 0.1) is 0 Å². The van der Waals surface area contributed by atoms with Gasteiger partial charge in [0.15, 0.2) is 0 Å². The van der Waals surface area contributed by atoms with Crippen molar-refractivity contribution in [3.63, 3.8) is 0 Å². The van der Waals surface area contributed by atoms with Crippen molar-refractivity contribution in [2.45, 2.75) is 11.3 Å². The minimum atomic E-state index is -3.57. The van der Waals surface area contributed by atoms with Gasteiger partial charge in [0, 0.05) is 47.4 Å². The molecular formula is C17H19Cl2N3O3S2. The van der Waals surface area contributed by atoms with Crippen LogP contribution in [0.3, 0.4) is 0 Å². The molecule has 1 aromatic carbocycles. The lowest BCUT2D eigenvalue weighted by atomic mass is 10.1. The third kappa shape index (κ3) is 5.20. The lowest BCUT2D eigenvalue weighted by molar-refractivity contribution is 0.0949. The van der Waals surface area contributed by atoms with E-state index in [4.69, 9.17) is 23.2 Å². The summed E-state index contributed by atoms with van der Waals surface area (Å²) in [5.74, 6) is 1.20. The second kappa shape index (κ2) is 8.87. The number of amides is 1. The number of hydrogen-bond acceptors (Lipinski definition) is 4. The Bertz CT molecular complexity index is 905. The molecule has 1 aromatic heterocycles. The molecule has 146 valence electrons. The molecule has 1 aliphatic rings. The fourth-order valence-electron chi connectivity index (χ4n) is 2.76. The van der Waals surface area contributed by atoms with Gasteiger partial charge in [0.05, 0.1) is 0 Å². The van der Waals surface area contributed by atoms with E-state index in [1.165, 1.54) is 16.6 Å². The molecule has 0 saturated carbocycles. The van der Waals surface area contributed by atoms with Crippen LogP contribution in [-0.4, -0.2) is 54.8 Å². The molecule has 27 heavy (non-hydrogen) atoms. The lowest BCUT2D eigenvalue weighted by Gasteiger charge is -2.24. The van der Waals surface area contributed by atoms with Crippen molar-refractivity contribution < 1.29 is 13.2 Å². The summed E-state index contributed by atoms with van der Waals surface area (Å²) in [6, 6.07) is 6.60. The number of carbonyl (C=O) groups excluding carboxylic acids is 1. The van der Waals surface area contributed by atoms with Gasteiger partial charge in [-0.2, -0.15) is 16.1 Å². The summed E-state index contributed by atoms with van der Waals surface area (Å²) in [5, 5.41) is 3.84. The highest BCUT2D eigenvalue weighted by molar-refractivity contribution is 7.99. The van der Waals surface area contributed by atoms with E-state index >= 15 is 0 Å². The standard InChI is InChI=1S/C17H19Cl2N3O3S2/c18-13-7-12(8-14(19)9-13)1-2-20-17(23)16-10-15(11-21-16)27(24,25)22-3-5-26-6-4-22/h7-11,21H,1-6H2,(H,20,23). The van der Waals surface area contributed by atoms with Crippen LogP contribution in [0.1, 0.15) is 16.1 Å². The number of hydrogen-bond donors (Lipinski definition) is 2. The average Bonchev–Trinajstić information content (AvgIpc) is 3.13.